The predicted octanol–water partition coefficient (Wildman–Crippen LogP) is 0.972. The Kier molecular flexibility index (Phi) is 5.07. The summed E-state index contributed by atoms with van der Waals surface area (Å²) < 4.78 is 29.4. The molecule has 2 aliphatic heterocycles. The van der Waals surface area contributed by atoms with Crippen LogP contribution in [0.5, 0.6) is 0 Å². The SMILES string of the molecule is CCS(=O)(=O)c1cccc(CC(=O)N2C[C@H]3COCC[C@@]3(C(=O)O)C2)c1. The molecule has 2 saturated heterocycles. The minimum absolute atomic E-state index is 0.000658. The van der Waals surface area contributed by atoms with Crippen molar-refractivity contribution in [1.82, 2.24) is 4.90 Å². The van der Waals surface area contributed by atoms with E-state index < -0.39 is 21.2 Å². The van der Waals surface area contributed by atoms with Gasteiger partial charge in [0.15, 0.2) is 9.84 Å². The second kappa shape index (κ2) is 7.00. The van der Waals surface area contributed by atoms with E-state index in [1.54, 1.807) is 24.0 Å². The van der Waals surface area contributed by atoms with Gasteiger partial charge in [-0.1, -0.05) is 19.1 Å². The van der Waals surface area contributed by atoms with Crippen LogP contribution in [0.4, 0.5) is 0 Å². The number of carboxylic acid groups (broad SMARTS) is 1. The Bertz CT molecular complexity index is 821. The molecule has 8 heteroatoms. The normalized spacial score (nSPS) is 25.7. The zero-order valence-electron chi connectivity index (χ0n) is 14.7. The van der Waals surface area contributed by atoms with Crippen LogP contribution in [0, 0.1) is 11.3 Å². The quantitative estimate of drug-likeness (QED) is 0.816. The van der Waals surface area contributed by atoms with E-state index in [9.17, 15) is 23.1 Å². The molecule has 1 amide bonds. The van der Waals surface area contributed by atoms with Crippen LogP contribution in [0.25, 0.3) is 0 Å². The highest BCUT2D eigenvalue weighted by Gasteiger charge is 2.54. The van der Waals surface area contributed by atoms with Crippen molar-refractivity contribution in [3.8, 4) is 0 Å². The van der Waals surface area contributed by atoms with Gasteiger partial charge in [-0.25, -0.2) is 8.42 Å². The van der Waals surface area contributed by atoms with Crippen LogP contribution in [0.2, 0.25) is 0 Å². The number of aliphatic carboxylic acids is 1. The summed E-state index contributed by atoms with van der Waals surface area (Å²) >= 11 is 0. The van der Waals surface area contributed by atoms with Gasteiger partial charge in [-0.15, -0.1) is 0 Å². The number of fused-ring (bicyclic) bond motifs is 1. The number of carbonyl (C=O) groups excluding carboxylic acids is 1. The maximum Gasteiger partial charge on any atom is 0.311 e. The molecule has 0 aliphatic carbocycles. The Morgan fingerprint density at radius 1 is 1.38 bits per heavy atom. The van der Waals surface area contributed by atoms with Gasteiger partial charge in [0.25, 0.3) is 0 Å². The van der Waals surface area contributed by atoms with Gasteiger partial charge in [0.05, 0.1) is 29.1 Å². The van der Waals surface area contributed by atoms with Crippen LogP contribution in [0.1, 0.15) is 18.9 Å². The molecule has 7 nitrogen and oxygen atoms in total. The van der Waals surface area contributed by atoms with Crippen molar-refractivity contribution in [2.24, 2.45) is 11.3 Å². The van der Waals surface area contributed by atoms with E-state index in [1.807, 2.05) is 0 Å². The van der Waals surface area contributed by atoms with Crippen molar-refractivity contribution in [3.05, 3.63) is 29.8 Å². The van der Waals surface area contributed by atoms with Gasteiger partial charge in [-0.05, 0) is 24.1 Å². The van der Waals surface area contributed by atoms with Crippen molar-refractivity contribution in [3.63, 3.8) is 0 Å². The summed E-state index contributed by atoms with van der Waals surface area (Å²) in [6, 6.07) is 6.39. The number of hydrogen-bond acceptors (Lipinski definition) is 5. The molecular weight excluding hydrogens is 358 g/mol. The number of amides is 1. The first-order valence-corrected chi connectivity index (χ1v) is 10.3. The highest BCUT2D eigenvalue weighted by atomic mass is 32.2. The first-order valence-electron chi connectivity index (χ1n) is 8.69. The predicted molar refractivity (Wildman–Crippen MR) is 93.4 cm³/mol. The molecule has 2 heterocycles. The summed E-state index contributed by atoms with van der Waals surface area (Å²) in [5, 5.41) is 9.68. The van der Waals surface area contributed by atoms with E-state index in [-0.39, 0.29) is 35.4 Å². The fraction of sp³-hybridized carbons (Fsp3) is 0.556. The topological polar surface area (TPSA) is 101 Å². The molecule has 2 fully saturated rings. The fourth-order valence-corrected chi connectivity index (χ4v) is 4.74. The lowest BCUT2D eigenvalue weighted by Gasteiger charge is -2.33. The van der Waals surface area contributed by atoms with Crippen molar-refractivity contribution in [2.45, 2.75) is 24.7 Å². The zero-order valence-corrected chi connectivity index (χ0v) is 15.5. The first kappa shape index (κ1) is 18.8. The van der Waals surface area contributed by atoms with Crippen LogP contribution in [-0.4, -0.2) is 62.4 Å². The van der Waals surface area contributed by atoms with Gasteiger partial charge in [-0.3, -0.25) is 9.59 Å². The first-order chi connectivity index (χ1) is 12.3. The molecule has 1 aromatic carbocycles. The number of hydrogen-bond donors (Lipinski definition) is 1. The Morgan fingerprint density at radius 3 is 2.81 bits per heavy atom. The number of ether oxygens (including phenoxy) is 1. The number of carbonyl (C=O) groups is 2. The van der Waals surface area contributed by atoms with Gasteiger partial charge in [0.1, 0.15) is 0 Å². The minimum atomic E-state index is -3.33. The smallest absolute Gasteiger partial charge is 0.311 e. The zero-order chi connectivity index (χ0) is 18.9. The van der Waals surface area contributed by atoms with Crippen molar-refractivity contribution in [1.29, 1.82) is 0 Å². The van der Waals surface area contributed by atoms with Crippen molar-refractivity contribution in [2.75, 3.05) is 32.1 Å². The number of sulfone groups is 1. The molecule has 0 unspecified atom stereocenters. The van der Waals surface area contributed by atoms with E-state index in [0.29, 0.717) is 31.7 Å². The largest absolute Gasteiger partial charge is 0.481 e. The highest BCUT2D eigenvalue weighted by molar-refractivity contribution is 7.91. The maximum atomic E-state index is 12.7. The molecule has 0 radical (unpaired) electrons. The number of carboxylic acids is 1. The van der Waals surface area contributed by atoms with Crippen molar-refractivity contribution < 1.29 is 27.9 Å². The molecule has 0 spiro atoms. The van der Waals surface area contributed by atoms with Crippen LogP contribution in [0.3, 0.4) is 0 Å². The minimum Gasteiger partial charge on any atom is -0.481 e. The second-order valence-corrected chi connectivity index (χ2v) is 9.26. The molecule has 3 rings (SSSR count). The summed E-state index contributed by atoms with van der Waals surface area (Å²) in [5.74, 6) is -1.27. The number of rotatable bonds is 5. The van der Waals surface area contributed by atoms with E-state index >= 15 is 0 Å². The van der Waals surface area contributed by atoms with E-state index in [1.165, 1.54) is 12.1 Å². The third-order valence-electron chi connectivity index (χ3n) is 5.48. The fourth-order valence-electron chi connectivity index (χ4n) is 3.79. The third kappa shape index (κ3) is 3.35. The summed E-state index contributed by atoms with van der Waals surface area (Å²) in [4.78, 5) is 26.3. The monoisotopic (exact) mass is 381 g/mol. The standard InChI is InChI=1S/C18H23NO6S/c1-2-26(23,24)15-5-3-4-13(8-15)9-16(20)19-10-14-11-25-7-6-18(14,12-19)17(21)22/h3-5,8,14H,2,6-7,9-12H2,1H3,(H,21,22)/t14-,18+/m0/s1. The number of nitrogens with zero attached hydrogens (tertiary/aromatic N) is 1. The summed E-state index contributed by atoms with van der Waals surface area (Å²) in [5.41, 5.74) is -0.318. The Labute approximate surface area is 152 Å². The molecule has 1 N–H and O–H groups in total. The average molecular weight is 381 g/mol. The van der Waals surface area contributed by atoms with E-state index in [2.05, 4.69) is 0 Å². The van der Waals surface area contributed by atoms with E-state index in [4.69, 9.17) is 4.74 Å². The average Bonchev–Trinajstić information content (AvgIpc) is 3.03. The third-order valence-corrected chi connectivity index (χ3v) is 7.21. The van der Waals surface area contributed by atoms with Crippen LogP contribution < -0.4 is 0 Å². The van der Waals surface area contributed by atoms with Crippen molar-refractivity contribution >= 4 is 21.7 Å². The molecule has 142 valence electrons. The molecule has 0 bridgehead atoms. The molecule has 1 aromatic rings. The van der Waals surface area contributed by atoms with Gasteiger partial charge in [-0.2, -0.15) is 0 Å². The molecule has 2 aliphatic rings. The summed E-state index contributed by atoms with van der Waals surface area (Å²) in [6.45, 7) is 2.86. The second-order valence-electron chi connectivity index (χ2n) is 6.98. The Morgan fingerprint density at radius 2 is 2.15 bits per heavy atom. The van der Waals surface area contributed by atoms with Gasteiger partial charge in [0, 0.05) is 25.6 Å². The Hall–Kier alpha value is -1.93. The molecule has 2 atom stereocenters. The number of likely N-dealkylation sites (tertiary alicyclic amines) is 1. The summed E-state index contributed by atoms with van der Waals surface area (Å²) in [6.07, 6.45) is 0.456. The Balaban J connectivity index is 1.75. The summed E-state index contributed by atoms with van der Waals surface area (Å²) in [7, 11) is -3.33. The molecule has 26 heavy (non-hydrogen) atoms. The van der Waals surface area contributed by atoms with E-state index in [0.717, 1.165) is 0 Å². The van der Waals surface area contributed by atoms with Gasteiger partial charge >= 0.3 is 5.97 Å². The lowest BCUT2D eigenvalue weighted by atomic mass is 9.74. The molecular formula is C18H23NO6S. The molecule has 0 aromatic heterocycles. The maximum absolute atomic E-state index is 12.7. The lowest BCUT2D eigenvalue weighted by Crippen LogP contribution is -2.45. The molecule has 0 saturated carbocycles. The van der Waals surface area contributed by atoms with Gasteiger partial charge < -0.3 is 14.7 Å². The van der Waals surface area contributed by atoms with Crippen LogP contribution >= 0.6 is 0 Å². The van der Waals surface area contributed by atoms with Gasteiger partial charge in [0.2, 0.25) is 5.91 Å². The van der Waals surface area contributed by atoms with Crippen LogP contribution in [0.15, 0.2) is 29.2 Å². The highest BCUT2D eigenvalue weighted by Crippen LogP contribution is 2.42. The number of benzene rings is 1. The lowest BCUT2D eigenvalue weighted by molar-refractivity contribution is -0.157. The van der Waals surface area contributed by atoms with Crippen LogP contribution in [-0.2, 0) is 30.6 Å².